The number of pyridine rings is 2. The van der Waals surface area contributed by atoms with Crippen molar-refractivity contribution in [3.63, 3.8) is 0 Å². The van der Waals surface area contributed by atoms with Crippen LogP contribution < -0.4 is 11.2 Å². The maximum absolute atomic E-state index is 12.7. The van der Waals surface area contributed by atoms with Crippen LogP contribution in [0.5, 0.6) is 0 Å². The van der Waals surface area contributed by atoms with E-state index in [0.29, 0.717) is 18.6 Å². The van der Waals surface area contributed by atoms with Gasteiger partial charge in [-0.3, -0.25) is 9.78 Å². The van der Waals surface area contributed by atoms with Crippen LogP contribution in [0.25, 0.3) is 22.1 Å². The van der Waals surface area contributed by atoms with E-state index in [1.54, 1.807) is 6.07 Å². The summed E-state index contributed by atoms with van der Waals surface area (Å²) in [6.45, 7) is 1.14. The Kier molecular flexibility index (Phi) is 2.82. The number of carboxylic acid groups (broad SMARTS) is 1. The van der Waals surface area contributed by atoms with Gasteiger partial charge in [0.25, 0.3) is 0 Å². The second kappa shape index (κ2) is 4.75. The third kappa shape index (κ3) is 2.03. The number of rotatable bonds is 2. The van der Waals surface area contributed by atoms with Gasteiger partial charge in [0.05, 0.1) is 30.2 Å². The number of carbonyl (C=O) groups is 1. The lowest BCUT2D eigenvalue weighted by molar-refractivity contribution is 0.00677. The average Bonchev–Trinajstić information content (AvgIpc) is 2.45. The first kappa shape index (κ1) is 13.6. The molecule has 0 bridgehead atoms. The van der Waals surface area contributed by atoms with Crippen LogP contribution in [-0.2, 0) is 4.74 Å². The van der Waals surface area contributed by atoms with E-state index in [9.17, 15) is 9.59 Å². The third-order valence-electron chi connectivity index (χ3n) is 3.89. The van der Waals surface area contributed by atoms with Gasteiger partial charge in [-0.25, -0.2) is 4.79 Å². The molecule has 0 radical (unpaired) electrons. The molecule has 0 aromatic carbocycles. The van der Waals surface area contributed by atoms with Gasteiger partial charge in [0.15, 0.2) is 5.58 Å². The average molecular weight is 313 g/mol. The molecule has 3 aromatic heterocycles. The fourth-order valence-electron chi connectivity index (χ4n) is 2.52. The molecule has 1 fully saturated rings. The smallest absolute Gasteiger partial charge is 0.339 e. The van der Waals surface area contributed by atoms with Crippen molar-refractivity contribution >= 4 is 33.9 Å². The van der Waals surface area contributed by atoms with Crippen molar-refractivity contribution in [2.75, 3.05) is 18.9 Å². The number of anilines is 1. The molecule has 0 amide bonds. The second-order valence-electron chi connectivity index (χ2n) is 5.35. The first-order chi connectivity index (χ1) is 11.0. The van der Waals surface area contributed by atoms with Crippen LogP contribution in [0.1, 0.15) is 22.0 Å². The SMILES string of the molecule is Nc1nc2oc3cnc(C4COC4)cc3c(=O)c2cc1C(=O)O. The van der Waals surface area contributed by atoms with Crippen LogP contribution >= 0.6 is 0 Å². The molecule has 8 heteroatoms. The molecule has 0 saturated carbocycles. The van der Waals surface area contributed by atoms with Gasteiger partial charge < -0.3 is 20.0 Å². The molecule has 0 unspecified atom stereocenters. The van der Waals surface area contributed by atoms with E-state index >= 15 is 0 Å². The first-order valence-electron chi connectivity index (χ1n) is 6.88. The molecule has 1 aliphatic rings. The zero-order chi connectivity index (χ0) is 16.1. The number of nitrogens with two attached hydrogens (primary N) is 1. The number of aromatic carboxylic acids is 1. The Morgan fingerprint density at radius 2 is 2.09 bits per heavy atom. The van der Waals surface area contributed by atoms with Crippen molar-refractivity contribution in [2.45, 2.75) is 5.92 Å². The Labute approximate surface area is 128 Å². The number of fused-ring (bicyclic) bond motifs is 2. The number of hydrogen-bond acceptors (Lipinski definition) is 7. The molecule has 8 nitrogen and oxygen atoms in total. The van der Waals surface area contributed by atoms with Crippen LogP contribution in [0.4, 0.5) is 5.82 Å². The van der Waals surface area contributed by atoms with Gasteiger partial charge in [-0.05, 0) is 12.1 Å². The van der Waals surface area contributed by atoms with Gasteiger partial charge >= 0.3 is 5.97 Å². The molecule has 4 heterocycles. The third-order valence-corrected chi connectivity index (χ3v) is 3.89. The van der Waals surface area contributed by atoms with Gasteiger partial charge in [-0.1, -0.05) is 0 Å². The second-order valence-corrected chi connectivity index (χ2v) is 5.35. The van der Waals surface area contributed by atoms with Gasteiger partial charge in [0.2, 0.25) is 11.1 Å². The van der Waals surface area contributed by atoms with Crippen molar-refractivity contribution in [1.29, 1.82) is 0 Å². The topological polar surface area (TPSA) is 129 Å². The minimum atomic E-state index is -1.25. The highest BCUT2D eigenvalue weighted by Crippen LogP contribution is 2.26. The summed E-state index contributed by atoms with van der Waals surface area (Å²) in [5.41, 5.74) is 6.01. The molecule has 4 rings (SSSR count). The van der Waals surface area contributed by atoms with Gasteiger partial charge in [-0.15, -0.1) is 0 Å². The van der Waals surface area contributed by atoms with Gasteiger partial charge in [0.1, 0.15) is 11.4 Å². The summed E-state index contributed by atoms with van der Waals surface area (Å²) in [6, 6.07) is 2.85. The van der Waals surface area contributed by atoms with Gasteiger partial charge in [0, 0.05) is 11.6 Å². The van der Waals surface area contributed by atoms with Crippen molar-refractivity contribution in [2.24, 2.45) is 0 Å². The Hall–Kier alpha value is -3.00. The summed E-state index contributed by atoms with van der Waals surface area (Å²) in [5.74, 6) is -1.30. The molecule has 0 aliphatic carbocycles. The highest BCUT2D eigenvalue weighted by molar-refractivity contribution is 5.98. The molecule has 23 heavy (non-hydrogen) atoms. The van der Waals surface area contributed by atoms with E-state index in [0.717, 1.165) is 5.69 Å². The maximum Gasteiger partial charge on any atom is 0.339 e. The van der Waals surface area contributed by atoms with Crippen LogP contribution in [0, 0.1) is 0 Å². The molecule has 116 valence electrons. The molecule has 1 saturated heterocycles. The van der Waals surface area contributed by atoms with Gasteiger partial charge in [-0.2, -0.15) is 4.98 Å². The maximum atomic E-state index is 12.7. The van der Waals surface area contributed by atoms with Crippen molar-refractivity contribution in [3.8, 4) is 0 Å². The first-order valence-corrected chi connectivity index (χ1v) is 6.88. The van der Waals surface area contributed by atoms with Crippen LogP contribution in [0.2, 0.25) is 0 Å². The lowest BCUT2D eigenvalue weighted by Gasteiger charge is -2.25. The Balaban J connectivity index is 2.02. The summed E-state index contributed by atoms with van der Waals surface area (Å²) in [6.07, 6.45) is 1.47. The van der Waals surface area contributed by atoms with E-state index in [-0.39, 0.29) is 39.4 Å². The summed E-state index contributed by atoms with van der Waals surface area (Å²) in [7, 11) is 0. The van der Waals surface area contributed by atoms with E-state index in [2.05, 4.69) is 9.97 Å². The molecular weight excluding hydrogens is 302 g/mol. The summed E-state index contributed by atoms with van der Waals surface area (Å²) < 4.78 is 10.7. The summed E-state index contributed by atoms with van der Waals surface area (Å²) >= 11 is 0. The Morgan fingerprint density at radius 1 is 1.30 bits per heavy atom. The lowest BCUT2D eigenvalue weighted by Crippen LogP contribution is -2.26. The van der Waals surface area contributed by atoms with Crippen LogP contribution in [0.3, 0.4) is 0 Å². The normalized spacial score (nSPS) is 15.0. The predicted molar refractivity (Wildman–Crippen MR) is 80.5 cm³/mol. The highest BCUT2D eigenvalue weighted by atomic mass is 16.5. The molecule has 3 N–H and O–H groups in total. The number of nitrogen functional groups attached to an aromatic ring is 1. The minimum absolute atomic E-state index is 0.00784. The Bertz CT molecular complexity index is 1020. The lowest BCUT2D eigenvalue weighted by atomic mass is 10.0. The zero-order valence-corrected chi connectivity index (χ0v) is 11.8. The zero-order valence-electron chi connectivity index (χ0n) is 11.8. The van der Waals surface area contributed by atoms with Crippen molar-refractivity contribution < 1.29 is 19.1 Å². The molecule has 3 aromatic rings. The number of aromatic nitrogens is 2. The van der Waals surface area contributed by atoms with E-state index < -0.39 is 5.97 Å². The fourth-order valence-corrected chi connectivity index (χ4v) is 2.52. The van der Waals surface area contributed by atoms with E-state index in [1.165, 1.54) is 12.3 Å². The fraction of sp³-hybridized carbons (Fsp3) is 0.200. The largest absolute Gasteiger partial charge is 0.478 e. The van der Waals surface area contributed by atoms with E-state index in [1.807, 2.05) is 0 Å². The molecular formula is C15H11N3O5. The molecule has 0 atom stereocenters. The number of carboxylic acids is 1. The standard InChI is InChI=1S/C15H11N3O5/c16-13-9(15(20)21)1-8-12(19)7-2-10(6-4-22-5-6)17-3-11(7)23-14(8)18-13/h1-3,6H,4-5H2,(H2,16,18)(H,20,21). The van der Waals surface area contributed by atoms with E-state index in [4.69, 9.17) is 20.0 Å². The molecule has 1 aliphatic heterocycles. The quantitative estimate of drug-likeness (QED) is 0.674. The number of hydrogen-bond donors (Lipinski definition) is 2. The summed E-state index contributed by atoms with van der Waals surface area (Å²) in [4.78, 5) is 32.0. The minimum Gasteiger partial charge on any atom is -0.478 e. The summed E-state index contributed by atoms with van der Waals surface area (Å²) in [5, 5.41) is 9.52. The molecule has 0 spiro atoms. The number of ether oxygens (including phenoxy) is 1. The Morgan fingerprint density at radius 3 is 2.74 bits per heavy atom. The van der Waals surface area contributed by atoms with Crippen molar-refractivity contribution in [1.82, 2.24) is 9.97 Å². The predicted octanol–water partition coefficient (Wildman–Crippen LogP) is 1.13. The number of nitrogens with zero attached hydrogens (tertiary/aromatic N) is 2. The highest BCUT2D eigenvalue weighted by Gasteiger charge is 2.23. The monoisotopic (exact) mass is 313 g/mol. The van der Waals surface area contributed by atoms with Crippen LogP contribution in [0.15, 0.2) is 27.5 Å². The van der Waals surface area contributed by atoms with Crippen molar-refractivity contribution in [3.05, 3.63) is 39.8 Å². The van der Waals surface area contributed by atoms with Crippen LogP contribution in [-0.4, -0.2) is 34.3 Å².